The standard InChI is InChI=1S/C13H15NO4/c1-10(14(16)17)13(18-11(2)15)9-8-12-6-4-3-5-7-12/h3-10,13H,1-2H3. The van der Waals surface area contributed by atoms with Gasteiger partial charge in [-0.15, -0.1) is 0 Å². The first-order chi connectivity index (χ1) is 8.50. The third-order valence-electron chi connectivity index (χ3n) is 2.39. The highest BCUT2D eigenvalue weighted by molar-refractivity contribution is 5.66. The topological polar surface area (TPSA) is 69.4 Å². The molecule has 1 aromatic carbocycles. The zero-order chi connectivity index (χ0) is 13.5. The molecule has 0 radical (unpaired) electrons. The van der Waals surface area contributed by atoms with Gasteiger partial charge in [-0.25, -0.2) is 0 Å². The van der Waals surface area contributed by atoms with Gasteiger partial charge in [-0.05, 0) is 11.6 Å². The molecule has 0 N–H and O–H groups in total. The molecule has 0 spiro atoms. The largest absolute Gasteiger partial charge is 0.451 e. The smallest absolute Gasteiger partial charge is 0.303 e. The van der Waals surface area contributed by atoms with Crippen molar-refractivity contribution in [2.45, 2.75) is 26.0 Å². The second-order valence-electron chi connectivity index (χ2n) is 3.87. The number of carbonyl (C=O) groups is 1. The van der Waals surface area contributed by atoms with Gasteiger partial charge in [0.1, 0.15) is 0 Å². The summed E-state index contributed by atoms with van der Waals surface area (Å²) in [5, 5.41) is 10.7. The van der Waals surface area contributed by atoms with Crippen LogP contribution in [0.2, 0.25) is 0 Å². The van der Waals surface area contributed by atoms with E-state index in [9.17, 15) is 14.9 Å². The molecular weight excluding hydrogens is 234 g/mol. The molecule has 0 saturated carbocycles. The molecule has 2 unspecified atom stereocenters. The first-order valence-electron chi connectivity index (χ1n) is 5.54. The number of hydrogen-bond acceptors (Lipinski definition) is 4. The molecule has 1 aromatic rings. The average Bonchev–Trinajstić information content (AvgIpc) is 2.34. The Labute approximate surface area is 105 Å². The predicted molar refractivity (Wildman–Crippen MR) is 67.5 cm³/mol. The van der Waals surface area contributed by atoms with Gasteiger partial charge in [-0.1, -0.05) is 36.4 Å². The quantitative estimate of drug-likeness (QED) is 0.456. The summed E-state index contributed by atoms with van der Waals surface area (Å²) in [4.78, 5) is 21.2. The van der Waals surface area contributed by atoms with E-state index >= 15 is 0 Å². The first kappa shape index (κ1) is 13.9. The Morgan fingerprint density at radius 2 is 2.00 bits per heavy atom. The first-order valence-corrected chi connectivity index (χ1v) is 5.54. The van der Waals surface area contributed by atoms with E-state index in [0.717, 1.165) is 5.56 Å². The van der Waals surface area contributed by atoms with E-state index in [2.05, 4.69) is 0 Å². The van der Waals surface area contributed by atoms with Crippen LogP contribution in [0.1, 0.15) is 19.4 Å². The van der Waals surface area contributed by atoms with Crippen molar-refractivity contribution in [3.8, 4) is 0 Å². The summed E-state index contributed by atoms with van der Waals surface area (Å²) < 4.78 is 4.93. The van der Waals surface area contributed by atoms with Gasteiger partial charge in [0.05, 0.1) is 0 Å². The lowest BCUT2D eigenvalue weighted by molar-refractivity contribution is -0.526. The van der Waals surface area contributed by atoms with Crippen molar-refractivity contribution in [1.29, 1.82) is 0 Å². The number of ether oxygens (including phenoxy) is 1. The van der Waals surface area contributed by atoms with Crippen LogP contribution in [0.5, 0.6) is 0 Å². The summed E-state index contributed by atoms with van der Waals surface area (Å²) >= 11 is 0. The van der Waals surface area contributed by atoms with E-state index in [1.807, 2.05) is 30.3 Å². The minimum absolute atomic E-state index is 0.469. The molecule has 0 aliphatic carbocycles. The number of hydrogen-bond donors (Lipinski definition) is 0. The van der Waals surface area contributed by atoms with Gasteiger partial charge in [-0.2, -0.15) is 0 Å². The number of esters is 1. The molecular formula is C13H15NO4. The summed E-state index contributed by atoms with van der Waals surface area (Å²) in [6.07, 6.45) is 2.37. The van der Waals surface area contributed by atoms with Gasteiger partial charge < -0.3 is 4.74 Å². The summed E-state index contributed by atoms with van der Waals surface area (Å²) in [5.41, 5.74) is 0.894. The second kappa shape index (κ2) is 6.54. The van der Waals surface area contributed by atoms with Crippen LogP contribution in [0.15, 0.2) is 36.4 Å². The second-order valence-corrected chi connectivity index (χ2v) is 3.87. The number of nitrogens with zero attached hydrogens (tertiary/aromatic N) is 1. The lowest BCUT2D eigenvalue weighted by Gasteiger charge is -2.14. The van der Waals surface area contributed by atoms with Crippen molar-refractivity contribution in [3.05, 3.63) is 52.1 Å². The summed E-state index contributed by atoms with van der Waals surface area (Å²) in [6, 6.07) is 8.33. The maximum Gasteiger partial charge on any atom is 0.303 e. The third-order valence-corrected chi connectivity index (χ3v) is 2.39. The van der Waals surface area contributed by atoms with Crippen LogP contribution in [-0.4, -0.2) is 23.0 Å². The Morgan fingerprint density at radius 3 is 2.50 bits per heavy atom. The van der Waals surface area contributed by atoms with E-state index in [1.54, 1.807) is 6.08 Å². The van der Waals surface area contributed by atoms with Gasteiger partial charge in [0.2, 0.25) is 6.04 Å². The minimum atomic E-state index is -0.978. The molecule has 0 fully saturated rings. The van der Waals surface area contributed by atoms with Crippen molar-refractivity contribution in [2.24, 2.45) is 0 Å². The van der Waals surface area contributed by atoms with Crippen molar-refractivity contribution >= 4 is 12.0 Å². The average molecular weight is 249 g/mol. The Balaban J connectivity index is 2.81. The van der Waals surface area contributed by atoms with Crippen LogP contribution >= 0.6 is 0 Å². The SMILES string of the molecule is CC(=O)OC(C=Cc1ccccc1)C(C)[N+](=O)[O-]. The fourth-order valence-corrected chi connectivity index (χ4v) is 1.38. The summed E-state index contributed by atoms with van der Waals surface area (Å²) in [7, 11) is 0. The number of nitro groups is 1. The molecule has 0 aromatic heterocycles. The van der Waals surface area contributed by atoms with Gasteiger partial charge in [0.15, 0.2) is 6.10 Å². The Hall–Kier alpha value is -2.17. The van der Waals surface area contributed by atoms with E-state index in [1.165, 1.54) is 19.9 Å². The van der Waals surface area contributed by atoms with Crippen molar-refractivity contribution in [2.75, 3.05) is 0 Å². The van der Waals surface area contributed by atoms with Crippen molar-refractivity contribution < 1.29 is 14.5 Å². The molecule has 1 rings (SSSR count). The maximum absolute atomic E-state index is 10.9. The van der Waals surface area contributed by atoms with Crippen molar-refractivity contribution in [3.63, 3.8) is 0 Å². The van der Waals surface area contributed by atoms with Crippen LogP contribution in [-0.2, 0) is 9.53 Å². The Bertz CT molecular complexity index is 442. The van der Waals surface area contributed by atoms with Crippen LogP contribution in [0.4, 0.5) is 0 Å². The van der Waals surface area contributed by atoms with E-state index in [0.29, 0.717) is 0 Å². The molecule has 18 heavy (non-hydrogen) atoms. The highest BCUT2D eigenvalue weighted by Crippen LogP contribution is 2.09. The van der Waals surface area contributed by atoms with Gasteiger partial charge in [-0.3, -0.25) is 14.9 Å². The fraction of sp³-hybridized carbons (Fsp3) is 0.308. The molecule has 0 aliphatic rings. The van der Waals surface area contributed by atoms with E-state index in [4.69, 9.17) is 4.74 Å². The van der Waals surface area contributed by atoms with Gasteiger partial charge in [0.25, 0.3) is 0 Å². The molecule has 5 heteroatoms. The van der Waals surface area contributed by atoms with Crippen molar-refractivity contribution in [1.82, 2.24) is 0 Å². The zero-order valence-corrected chi connectivity index (χ0v) is 10.3. The molecule has 0 aliphatic heterocycles. The molecule has 2 atom stereocenters. The van der Waals surface area contributed by atoms with Crippen LogP contribution in [0.3, 0.4) is 0 Å². The van der Waals surface area contributed by atoms with Crippen LogP contribution in [0, 0.1) is 10.1 Å². The normalized spacial score (nSPS) is 14.1. The molecule has 0 bridgehead atoms. The lowest BCUT2D eigenvalue weighted by Crippen LogP contribution is -2.32. The molecule has 0 amide bonds. The predicted octanol–water partition coefficient (Wildman–Crippen LogP) is 2.30. The Kier molecular flexibility index (Phi) is 5.05. The number of benzene rings is 1. The number of carbonyl (C=O) groups excluding carboxylic acids is 1. The van der Waals surface area contributed by atoms with E-state index in [-0.39, 0.29) is 0 Å². The minimum Gasteiger partial charge on any atom is -0.451 e. The van der Waals surface area contributed by atoms with Crippen LogP contribution < -0.4 is 0 Å². The maximum atomic E-state index is 10.9. The fourth-order valence-electron chi connectivity index (χ4n) is 1.38. The molecule has 0 heterocycles. The van der Waals surface area contributed by atoms with Gasteiger partial charge >= 0.3 is 5.97 Å². The summed E-state index contributed by atoms with van der Waals surface area (Å²) in [5.74, 6) is -0.536. The molecule has 96 valence electrons. The number of rotatable bonds is 5. The zero-order valence-electron chi connectivity index (χ0n) is 10.3. The lowest BCUT2D eigenvalue weighted by atomic mass is 10.1. The molecule has 5 nitrogen and oxygen atoms in total. The van der Waals surface area contributed by atoms with Crippen LogP contribution in [0.25, 0.3) is 6.08 Å². The molecule has 0 saturated heterocycles. The highest BCUT2D eigenvalue weighted by Gasteiger charge is 2.26. The van der Waals surface area contributed by atoms with E-state index < -0.39 is 23.0 Å². The summed E-state index contributed by atoms with van der Waals surface area (Å²) in [6.45, 7) is 2.64. The van der Waals surface area contributed by atoms with Gasteiger partial charge in [0, 0.05) is 18.8 Å². The highest BCUT2D eigenvalue weighted by atomic mass is 16.6. The monoisotopic (exact) mass is 249 g/mol. The third kappa shape index (κ3) is 4.37. The Morgan fingerprint density at radius 1 is 1.39 bits per heavy atom.